The fourth-order valence-electron chi connectivity index (χ4n) is 1.81. The fourth-order valence-corrected chi connectivity index (χ4v) is 1.81. The minimum atomic E-state index is -0.125. The molecule has 0 aromatic heterocycles. The second-order valence-corrected chi connectivity index (χ2v) is 4.33. The Morgan fingerprint density at radius 3 is 2.00 bits per heavy atom. The van der Waals surface area contributed by atoms with Crippen molar-refractivity contribution < 1.29 is 4.79 Å². The van der Waals surface area contributed by atoms with Crippen LogP contribution in [0.25, 0.3) is 0 Å². The number of benzene rings is 2. The van der Waals surface area contributed by atoms with E-state index in [0.29, 0.717) is 13.1 Å². The molecule has 0 aliphatic carbocycles. The molecule has 0 atom stereocenters. The van der Waals surface area contributed by atoms with Gasteiger partial charge in [0, 0.05) is 13.1 Å². The van der Waals surface area contributed by atoms with E-state index >= 15 is 0 Å². The largest absolute Gasteiger partial charge is 0.338 e. The molecule has 0 radical (unpaired) electrons. The molecule has 0 bridgehead atoms. The van der Waals surface area contributed by atoms with Gasteiger partial charge in [-0.05, 0) is 17.5 Å². The van der Waals surface area contributed by atoms with Crippen LogP contribution in [0.15, 0.2) is 60.7 Å². The topological polar surface area (TPSA) is 41.1 Å². The smallest absolute Gasteiger partial charge is 0.315 e. The summed E-state index contributed by atoms with van der Waals surface area (Å²) >= 11 is 0. The molecule has 3 heteroatoms. The molecule has 0 heterocycles. The molecule has 0 aliphatic rings. The van der Waals surface area contributed by atoms with E-state index in [0.717, 1.165) is 12.0 Å². The molecule has 3 nitrogen and oxygen atoms in total. The zero-order valence-electron chi connectivity index (χ0n) is 10.8. The van der Waals surface area contributed by atoms with Crippen molar-refractivity contribution >= 4 is 6.03 Å². The number of hydrogen-bond donors (Lipinski definition) is 2. The Balaban J connectivity index is 1.65. The first kappa shape index (κ1) is 13.1. The van der Waals surface area contributed by atoms with Crippen LogP contribution in [0.5, 0.6) is 0 Å². The highest BCUT2D eigenvalue weighted by Gasteiger charge is 1.99. The number of carbonyl (C=O) groups excluding carboxylic acids is 1. The summed E-state index contributed by atoms with van der Waals surface area (Å²) in [6.07, 6.45) is 0.847. The summed E-state index contributed by atoms with van der Waals surface area (Å²) in [5.41, 5.74) is 2.33. The lowest BCUT2D eigenvalue weighted by molar-refractivity contribution is 0.240. The van der Waals surface area contributed by atoms with Gasteiger partial charge >= 0.3 is 6.03 Å². The van der Waals surface area contributed by atoms with Crippen LogP contribution in [0, 0.1) is 0 Å². The van der Waals surface area contributed by atoms with Crippen LogP contribution in [-0.2, 0) is 13.0 Å². The Hall–Kier alpha value is -2.29. The maximum atomic E-state index is 11.6. The third-order valence-electron chi connectivity index (χ3n) is 2.84. The van der Waals surface area contributed by atoms with Crippen molar-refractivity contribution in [1.82, 2.24) is 10.6 Å². The zero-order chi connectivity index (χ0) is 13.3. The highest BCUT2D eigenvalue weighted by molar-refractivity contribution is 5.73. The van der Waals surface area contributed by atoms with Gasteiger partial charge in [0.2, 0.25) is 0 Å². The third-order valence-corrected chi connectivity index (χ3v) is 2.84. The van der Waals surface area contributed by atoms with E-state index in [1.54, 1.807) is 0 Å². The van der Waals surface area contributed by atoms with Crippen molar-refractivity contribution in [2.45, 2.75) is 13.0 Å². The number of amides is 2. The third kappa shape index (κ3) is 4.84. The number of nitrogens with one attached hydrogen (secondary N) is 2. The van der Waals surface area contributed by atoms with Crippen LogP contribution in [0.2, 0.25) is 0 Å². The number of hydrogen-bond acceptors (Lipinski definition) is 1. The molecule has 0 saturated heterocycles. The lowest BCUT2D eigenvalue weighted by Gasteiger charge is -2.07. The fraction of sp³-hybridized carbons (Fsp3) is 0.188. The van der Waals surface area contributed by atoms with E-state index in [9.17, 15) is 4.79 Å². The second kappa shape index (κ2) is 7.21. The van der Waals surface area contributed by atoms with Gasteiger partial charge in [-0.2, -0.15) is 0 Å². The second-order valence-electron chi connectivity index (χ2n) is 4.33. The molecular weight excluding hydrogens is 236 g/mol. The van der Waals surface area contributed by atoms with Gasteiger partial charge in [0.25, 0.3) is 0 Å². The van der Waals surface area contributed by atoms with E-state index in [1.165, 1.54) is 5.56 Å². The van der Waals surface area contributed by atoms with Crippen molar-refractivity contribution in [3.63, 3.8) is 0 Å². The van der Waals surface area contributed by atoms with Gasteiger partial charge in [-0.3, -0.25) is 0 Å². The van der Waals surface area contributed by atoms with Gasteiger partial charge in [-0.15, -0.1) is 0 Å². The Morgan fingerprint density at radius 1 is 0.789 bits per heavy atom. The van der Waals surface area contributed by atoms with Gasteiger partial charge < -0.3 is 10.6 Å². The molecule has 0 saturated carbocycles. The summed E-state index contributed by atoms with van der Waals surface area (Å²) in [6, 6.07) is 19.9. The predicted molar refractivity (Wildman–Crippen MR) is 76.8 cm³/mol. The molecule has 2 rings (SSSR count). The molecular formula is C16H18N2O. The van der Waals surface area contributed by atoms with Crippen LogP contribution < -0.4 is 10.6 Å². The first-order chi connectivity index (χ1) is 9.34. The number of carbonyl (C=O) groups is 1. The first-order valence-corrected chi connectivity index (χ1v) is 6.44. The Bertz CT molecular complexity index is 497. The van der Waals surface area contributed by atoms with E-state index in [4.69, 9.17) is 0 Å². The van der Waals surface area contributed by atoms with Crippen molar-refractivity contribution in [3.05, 3.63) is 71.8 Å². The van der Waals surface area contributed by atoms with Crippen LogP contribution in [0.3, 0.4) is 0 Å². The number of rotatable bonds is 5. The molecule has 0 fully saturated rings. The van der Waals surface area contributed by atoms with Gasteiger partial charge in [0.05, 0.1) is 0 Å². The minimum Gasteiger partial charge on any atom is -0.338 e. The normalized spacial score (nSPS) is 9.89. The van der Waals surface area contributed by atoms with Crippen molar-refractivity contribution in [2.75, 3.05) is 6.54 Å². The highest BCUT2D eigenvalue weighted by atomic mass is 16.2. The van der Waals surface area contributed by atoms with Crippen molar-refractivity contribution in [2.24, 2.45) is 0 Å². The summed E-state index contributed by atoms with van der Waals surface area (Å²) in [5, 5.41) is 5.69. The predicted octanol–water partition coefficient (Wildman–Crippen LogP) is 2.73. The molecule has 2 aromatic carbocycles. The average molecular weight is 254 g/mol. The molecule has 0 spiro atoms. The molecule has 0 aliphatic heterocycles. The lowest BCUT2D eigenvalue weighted by atomic mass is 10.1. The van der Waals surface area contributed by atoms with Crippen LogP contribution >= 0.6 is 0 Å². The summed E-state index contributed by atoms with van der Waals surface area (Å²) in [6.45, 7) is 1.20. The van der Waals surface area contributed by atoms with Gasteiger partial charge in [-0.25, -0.2) is 4.79 Å². The van der Waals surface area contributed by atoms with Crippen molar-refractivity contribution in [3.8, 4) is 0 Å². The van der Waals surface area contributed by atoms with Gasteiger partial charge in [-0.1, -0.05) is 60.7 Å². The van der Waals surface area contributed by atoms with Crippen LogP contribution in [-0.4, -0.2) is 12.6 Å². The monoisotopic (exact) mass is 254 g/mol. The van der Waals surface area contributed by atoms with Gasteiger partial charge in [0.15, 0.2) is 0 Å². The Labute approximate surface area is 113 Å². The summed E-state index contributed by atoms with van der Waals surface area (Å²) in [5.74, 6) is 0. The SMILES string of the molecule is O=C(NCCc1ccccc1)NCc1ccccc1. The lowest BCUT2D eigenvalue weighted by Crippen LogP contribution is -2.36. The van der Waals surface area contributed by atoms with E-state index < -0.39 is 0 Å². The van der Waals surface area contributed by atoms with E-state index in [1.807, 2.05) is 48.5 Å². The molecule has 2 N–H and O–H groups in total. The number of urea groups is 1. The molecule has 2 aromatic rings. The maximum Gasteiger partial charge on any atom is 0.315 e. The summed E-state index contributed by atoms with van der Waals surface area (Å²) in [7, 11) is 0. The van der Waals surface area contributed by atoms with Crippen molar-refractivity contribution in [1.29, 1.82) is 0 Å². The Kier molecular flexibility index (Phi) is 4.99. The quantitative estimate of drug-likeness (QED) is 0.846. The maximum absolute atomic E-state index is 11.6. The molecule has 2 amide bonds. The van der Waals surface area contributed by atoms with E-state index in [-0.39, 0.29) is 6.03 Å². The zero-order valence-corrected chi connectivity index (χ0v) is 10.8. The standard InChI is InChI=1S/C16H18N2O/c19-16(18-13-15-9-5-2-6-10-15)17-12-11-14-7-3-1-4-8-14/h1-10H,11-13H2,(H2,17,18,19). The minimum absolute atomic E-state index is 0.125. The molecule has 0 unspecified atom stereocenters. The average Bonchev–Trinajstić information content (AvgIpc) is 2.47. The first-order valence-electron chi connectivity index (χ1n) is 6.44. The van der Waals surface area contributed by atoms with Crippen LogP contribution in [0.4, 0.5) is 4.79 Å². The van der Waals surface area contributed by atoms with E-state index in [2.05, 4.69) is 22.8 Å². The summed E-state index contributed by atoms with van der Waals surface area (Å²) < 4.78 is 0. The molecule has 98 valence electrons. The Morgan fingerprint density at radius 2 is 1.37 bits per heavy atom. The van der Waals surface area contributed by atoms with Gasteiger partial charge in [0.1, 0.15) is 0 Å². The van der Waals surface area contributed by atoms with Crippen LogP contribution in [0.1, 0.15) is 11.1 Å². The highest BCUT2D eigenvalue weighted by Crippen LogP contribution is 1.98. The molecule has 19 heavy (non-hydrogen) atoms. The summed E-state index contributed by atoms with van der Waals surface area (Å²) in [4.78, 5) is 11.6.